The molecule has 0 radical (unpaired) electrons. The first-order valence-electron chi connectivity index (χ1n) is 9.69. The third-order valence-corrected chi connectivity index (χ3v) is 8.67. The Bertz CT molecular complexity index is 1200. The van der Waals surface area contributed by atoms with E-state index in [2.05, 4.69) is 8.73 Å². The van der Waals surface area contributed by atoms with E-state index >= 15 is 0 Å². The molecule has 3 aliphatic rings. The summed E-state index contributed by atoms with van der Waals surface area (Å²) in [5, 5.41) is 0.645. The number of rotatable bonds is 4. The zero-order valence-electron chi connectivity index (χ0n) is 16.0. The van der Waals surface area contributed by atoms with Crippen molar-refractivity contribution in [2.45, 2.75) is 23.2 Å². The van der Waals surface area contributed by atoms with Crippen LogP contribution in [0.25, 0.3) is 0 Å². The van der Waals surface area contributed by atoms with Crippen LogP contribution in [0.2, 0.25) is 5.02 Å². The highest BCUT2D eigenvalue weighted by Crippen LogP contribution is 2.50. The van der Waals surface area contributed by atoms with Crippen LogP contribution in [0.1, 0.15) is 18.4 Å². The summed E-state index contributed by atoms with van der Waals surface area (Å²) in [6, 6.07) is 12.4. The monoisotopic (exact) mass is 462 g/mol. The quantitative estimate of drug-likeness (QED) is 0.593. The predicted molar refractivity (Wildman–Crippen MR) is 116 cm³/mol. The van der Waals surface area contributed by atoms with Gasteiger partial charge in [-0.2, -0.15) is 13.0 Å². The summed E-state index contributed by atoms with van der Waals surface area (Å²) in [5.74, 6) is 0.0765. The van der Waals surface area contributed by atoms with Crippen LogP contribution in [0.4, 0.5) is 11.4 Å². The fraction of sp³-hybridized carbons (Fsp3) is 0.350. The number of piperazine rings is 1. The second-order valence-electron chi connectivity index (χ2n) is 7.67. The third-order valence-electron chi connectivity index (χ3n) is 5.95. The number of amides is 1. The van der Waals surface area contributed by atoms with Gasteiger partial charge in [-0.3, -0.25) is 4.79 Å². The van der Waals surface area contributed by atoms with Crippen LogP contribution in [0, 0.1) is 0 Å². The van der Waals surface area contributed by atoms with Gasteiger partial charge in [-0.15, -0.1) is 0 Å². The summed E-state index contributed by atoms with van der Waals surface area (Å²) in [5.41, 5.74) is 1.48. The lowest BCUT2D eigenvalue weighted by molar-refractivity contribution is -0.135. The first kappa shape index (κ1) is 19.9. The van der Waals surface area contributed by atoms with Crippen molar-refractivity contribution in [3.05, 3.63) is 53.1 Å². The molecule has 7 nitrogen and oxygen atoms in total. The third kappa shape index (κ3) is 3.20. The molecule has 2 heterocycles. The van der Waals surface area contributed by atoms with Crippen LogP contribution >= 0.6 is 11.6 Å². The maximum Gasteiger partial charge on any atom is 0.245 e. The summed E-state index contributed by atoms with van der Waals surface area (Å²) >= 11 is 6.98. The minimum absolute atomic E-state index is 0.0765. The fourth-order valence-electron chi connectivity index (χ4n) is 4.08. The van der Waals surface area contributed by atoms with E-state index in [1.54, 1.807) is 23.1 Å². The maximum absolute atomic E-state index is 13.2. The number of fused-ring (bicyclic) bond motifs is 1. The molecule has 10 heteroatoms. The lowest BCUT2D eigenvalue weighted by Gasteiger charge is -2.36. The van der Waals surface area contributed by atoms with Gasteiger partial charge in [0.1, 0.15) is 16.3 Å². The number of carbonyl (C=O) groups is 1. The minimum atomic E-state index is -3.70. The van der Waals surface area contributed by atoms with Crippen molar-refractivity contribution >= 4 is 50.3 Å². The van der Waals surface area contributed by atoms with Crippen LogP contribution < -0.4 is 0 Å². The van der Waals surface area contributed by atoms with Gasteiger partial charge in [0.05, 0.1) is 16.8 Å². The van der Waals surface area contributed by atoms with E-state index in [-0.39, 0.29) is 23.9 Å². The molecular weight excluding hydrogens is 444 g/mol. The number of halogens is 1. The Morgan fingerprint density at radius 2 is 1.70 bits per heavy atom. The highest BCUT2D eigenvalue weighted by molar-refractivity contribution is 7.89. The molecule has 0 atom stereocenters. The summed E-state index contributed by atoms with van der Waals surface area (Å²) in [6.45, 7) is 1.27. The molecule has 2 aromatic rings. The lowest BCUT2D eigenvalue weighted by atomic mass is 9.94. The first-order valence-corrected chi connectivity index (χ1v) is 12.2. The van der Waals surface area contributed by atoms with Crippen molar-refractivity contribution in [3.8, 4) is 0 Å². The van der Waals surface area contributed by atoms with E-state index in [0.29, 0.717) is 29.5 Å². The van der Waals surface area contributed by atoms with Gasteiger partial charge >= 0.3 is 0 Å². The molecule has 1 amide bonds. The summed E-state index contributed by atoms with van der Waals surface area (Å²) in [7, 11) is -3.70. The Hall–Kier alpha value is -2.07. The Morgan fingerprint density at radius 1 is 1.00 bits per heavy atom. The van der Waals surface area contributed by atoms with Crippen LogP contribution in [-0.2, 0) is 31.6 Å². The molecule has 0 N–H and O–H groups in total. The van der Waals surface area contributed by atoms with Crippen LogP contribution in [0.15, 0.2) is 56.1 Å². The Balaban J connectivity index is 1.31. The van der Waals surface area contributed by atoms with Gasteiger partial charge < -0.3 is 4.90 Å². The van der Waals surface area contributed by atoms with E-state index < -0.39 is 15.4 Å². The van der Waals surface area contributed by atoms with E-state index in [1.807, 2.05) is 24.3 Å². The molecule has 156 valence electrons. The maximum atomic E-state index is 13.2. The van der Waals surface area contributed by atoms with Gasteiger partial charge in [0.15, 0.2) is 0 Å². The van der Waals surface area contributed by atoms with E-state index in [0.717, 1.165) is 29.8 Å². The van der Waals surface area contributed by atoms with Crippen LogP contribution in [0.5, 0.6) is 0 Å². The van der Waals surface area contributed by atoms with Gasteiger partial charge in [-0.1, -0.05) is 29.8 Å². The Morgan fingerprint density at radius 3 is 2.37 bits per heavy atom. The van der Waals surface area contributed by atoms with Crippen LogP contribution in [-0.4, -0.2) is 49.7 Å². The molecule has 1 aliphatic carbocycles. The van der Waals surface area contributed by atoms with Gasteiger partial charge in [-0.25, -0.2) is 8.42 Å². The van der Waals surface area contributed by atoms with E-state index in [9.17, 15) is 13.2 Å². The summed E-state index contributed by atoms with van der Waals surface area (Å²) in [6.07, 6.45) is 1.62. The van der Waals surface area contributed by atoms with Crippen molar-refractivity contribution in [2.24, 2.45) is 8.73 Å². The van der Waals surface area contributed by atoms with Crippen LogP contribution in [0.3, 0.4) is 0 Å². The molecule has 2 aromatic carbocycles. The van der Waals surface area contributed by atoms with Crippen molar-refractivity contribution in [1.29, 1.82) is 0 Å². The second-order valence-corrected chi connectivity index (χ2v) is 10.5. The van der Waals surface area contributed by atoms with Gasteiger partial charge in [0.25, 0.3) is 0 Å². The molecular formula is C20H19ClN4O3S2. The number of carbonyl (C=O) groups excluding carboxylic acids is 1. The smallest absolute Gasteiger partial charge is 0.245 e. The molecule has 0 spiro atoms. The van der Waals surface area contributed by atoms with Crippen molar-refractivity contribution in [1.82, 2.24) is 9.21 Å². The molecule has 0 bridgehead atoms. The SMILES string of the molecule is O=C(N1CCN(S(=O)(=O)c2cccc3c2N=S=N3)CC1)C1(c2ccc(Cl)cc2)CC1. The highest BCUT2D eigenvalue weighted by Gasteiger charge is 2.53. The molecule has 0 aromatic heterocycles. The molecule has 2 fully saturated rings. The van der Waals surface area contributed by atoms with E-state index in [1.165, 1.54) is 4.31 Å². The number of sulfonamides is 1. The van der Waals surface area contributed by atoms with Crippen molar-refractivity contribution < 1.29 is 13.2 Å². The molecule has 5 rings (SSSR count). The number of hydrogen-bond acceptors (Lipinski definition) is 5. The largest absolute Gasteiger partial charge is 0.339 e. The zero-order valence-corrected chi connectivity index (χ0v) is 18.4. The molecule has 2 aliphatic heterocycles. The standard InChI is InChI=1S/C20H19ClN4O3S2/c21-15-6-4-14(5-7-15)20(8-9-20)19(26)24-10-12-25(13-11-24)30(27,28)17-3-1-2-16-18(17)23-29-22-16/h1-7H,8-13H2. The molecule has 30 heavy (non-hydrogen) atoms. The van der Waals surface area contributed by atoms with Crippen molar-refractivity contribution in [3.63, 3.8) is 0 Å². The number of hydrogen-bond donors (Lipinski definition) is 0. The molecule has 1 saturated heterocycles. The molecule has 0 unspecified atom stereocenters. The lowest BCUT2D eigenvalue weighted by Crippen LogP contribution is -2.52. The second kappa shape index (κ2) is 7.26. The molecule has 1 saturated carbocycles. The summed E-state index contributed by atoms with van der Waals surface area (Å²) in [4.78, 5) is 15.2. The zero-order chi connectivity index (χ0) is 20.9. The number of benzene rings is 2. The summed E-state index contributed by atoms with van der Waals surface area (Å²) < 4.78 is 36.1. The Labute approximate surface area is 183 Å². The number of nitrogens with zero attached hydrogens (tertiary/aromatic N) is 4. The Kier molecular flexibility index (Phi) is 4.81. The highest BCUT2D eigenvalue weighted by atomic mass is 35.5. The van der Waals surface area contributed by atoms with Gasteiger partial charge in [0.2, 0.25) is 15.9 Å². The van der Waals surface area contributed by atoms with Gasteiger partial charge in [-0.05, 0) is 42.7 Å². The van der Waals surface area contributed by atoms with Crippen molar-refractivity contribution in [2.75, 3.05) is 26.2 Å². The van der Waals surface area contributed by atoms with E-state index in [4.69, 9.17) is 11.6 Å². The fourth-order valence-corrected chi connectivity index (χ4v) is 6.38. The average Bonchev–Trinajstić information content (AvgIpc) is 3.43. The minimum Gasteiger partial charge on any atom is -0.339 e. The predicted octanol–water partition coefficient (Wildman–Crippen LogP) is 3.63. The first-order chi connectivity index (χ1) is 14.4. The normalized spacial score (nSPS) is 20.0. The van der Waals surface area contributed by atoms with Gasteiger partial charge in [0, 0.05) is 31.2 Å². The topological polar surface area (TPSA) is 82.4 Å². The average molecular weight is 463 g/mol.